The molecule has 2 rings (SSSR count). The van der Waals surface area contributed by atoms with Gasteiger partial charge in [-0.1, -0.05) is 13.8 Å². The zero-order chi connectivity index (χ0) is 13.8. The van der Waals surface area contributed by atoms with Crippen molar-refractivity contribution in [2.24, 2.45) is 5.92 Å². The van der Waals surface area contributed by atoms with Crippen LogP contribution < -0.4 is 10.6 Å². The molecule has 1 aliphatic heterocycles. The Kier molecular flexibility index (Phi) is 4.52. The Morgan fingerprint density at radius 1 is 1.42 bits per heavy atom. The Hall–Kier alpha value is -1.43. The molecule has 106 valence electrons. The number of carbonyl (C=O) groups excluding carboxylic acids is 1. The predicted octanol–water partition coefficient (Wildman–Crippen LogP) is 0.647. The maximum Gasteiger partial charge on any atom is 0.217 e. The summed E-state index contributed by atoms with van der Waals surface area (Å²) in [6, 6.07) is -0.0446. The van der Waals surface area contributed by atoms with Gasteiger partial charge in [0.2, 0.25) is 5.91 Å². The summed E-state index contributed by atoms with van der Waals surface area (Å²) >= 11 is 0. The van der Waals surface area contributed by atoms with Gasteiger partial charge in [-0.05, 0) is 12.3 Å². The molecule has 0 spiro atoms. The van der Waals surface area contributed by atoms with Crippen molar-refractivity contribution in [3.8, 4) is 0 Å². The van der Waals surface area contributed by atoms with Gasteiger partial charge in [-0.2, -0.15) is 0 Å². The van der Waals surface area contributed by atoms with Gasteiger partial charge in [-0.25, -0.2) is 0 Å². The highest BCUT2D eigenvalue weighted by Gasteiger charge is 2.23. The van der Waals surface area contributed by atoms with Crippen molar-refractivity contribution in [3.63, 3.8) is 0 Å². The molecule has 0 saturated carbocycles. The lowest BCUT2D eigenvalue weighted by atomic mass is 10.0. The molecular weight excluding hydrogens is 242 g/mol. The van der Waals surface area contributed by atoms with Crippen LogP contribution in [-0.2, 0) is 17.8 Å². The number of carbonyl (C=O) groups is 1. The molecule has 2 heterocycles. The molecule has 1 atom stereocenters. The average Bonchev–Trinajstić information content (AvgIpc) is 2.56. The molecule has 1 aromatic rings. The zero-order valence-electron chi connectivity index (χ0n) is 11.9. The molecule has 0 fully saturated rings. The maximum absolute atomic E-state index is 11.4. The monoisotopic (exact) mass is 265 g/mol. The third kappa shape index (κ3) is 3.53. The van der Waals surface area contributed by atoms with Crippen molar-refractivity contribution in [3.05, 3.63) is 11.6 Å². The summed E-state index contributed by atoms with van der Waals surface area (Å²) in [5.41, 5.74) is 0. The van der Waals surface area contributed by atoms with E-state index in [1.807, 2.05) is 0 Å². The first kappa shape index (κ1) is 14.0. The maximum atomic E-state index is 11.4. The number of rotatable bonds is 4. The fraction of sp³-hybridized carbons (Fsp3) is 0.769. The van der Waals surface area contributed by atoms with Crippen molar-refractivity contribution in [2.45, 2.75) is 46.2 Å². The number of nitrogens with one attached hydrogen (secondary N) is 2. The molecular formula is C13H23N5O. The minimum atomic E-state index is -0.0446. The first-order valence-electron chi connectivity index (χ1n) is 6.97. The van der Waals surface area contributed by atoms with Gasteiger partial charge in [0.1, 0.15) is 5.82 Å². The molecule has 19 heavy (non-hydrogen) atoms. The SMILES string of the molecule is CC(=O)N[C@H](CC(C)C)c1nnc2n1CCNCC2. The van der Waals surface area contributed by atoms with Crippen LogP contribution in [-0.4, -0.2) is 33.8 Å². The molecule has 6 heteroatoms. The second-order valence-electron chi connectivity index (χ2n) is 5.51. The van der Waals surface area contributed by atoms with Crippen molar-refractivity contribution >= 4 is 5.91 Å². The first-order valence-corrected chi connectivity index (χ1v) is 6.97. The van der Waals surface area contributed by atoms with Gasteiger partial charge in [0, 0.05) is 33.0 Å². The van der Waals surface area contributed by atoms with E-state index in [1.165, 1.54) is 0 Å². The second-order valence-corrected chi connectivity index (χ2v) is 5.51. The molecule has 6 nitrogen and oxygen atoms in total. The lowest BCUT2D eigenvalue weighted by molar-refractivity contribution is -0.119. The van der Waals surface area contributed by atoms with Crippen LogP contribution in [0.1, 0.15) is 44.9 Å². The minimum Gasteiger partial charge on any atom is -0.346 e. The molecule has 1 aromatic heterocycles. The number of hydrogen-bond acceptors (Lipinski definition) is 4. The standard InChI is InChI=1S/C13H23N5O/c1-9(2)8-11(15-10(3)19)13-17-16-12-4-5-14-6-7-18(12)13/h9,11,14H,4-8H2,1-3H3,(H,15,19)/t11-/m1/s1. The highest BCUT2D eigenvalue weighted by molar-refractivity contribution is 5.73. The Morgan fingerprint density at radius 2 is 2.21 bits per heavy atom. The third-order valence-corrected chi connectivity index (χ3v) is 3.29. The minimum absolute atomic E-state index is 0.0188. The number of amides is 1. The normalized spacial score (nSPS) is 16.8. The summed E-state index contributed by atoms with van der Waals surface area (Å²) in [5.74, 6) is 2.38. The van der Waals surface area contributed by atoms with Crippen LogP contribution in [0.4, 0.5) is 0 Å². The van der Waals surface area contributed by atoms with Crippen LogP contribution in [0.2, 0.25) is 0 Å². The molecule has 1 amide bonds. The highest BCUT2D eigenvalue weighted by atomic mass is 16.1. The smallest absolute Gasteiger partial charge is 0.217 e. The van der Waals surface area contributed by atoms with Crippen LogP contribution in [0.25, 0.3) is 0 Å². The van der Waals surface area contributed by atoms with Crippen LogP contribution >= 0.6 is 0 Å². The fourth-order valence-electron chi connectivity index (χ4n) is 2.50. The quantitative estimate of drug-likeness (QED) is 0.838. The first-order chi connectivity index (χ1) is 9.08. The summed E-state index contributed by atoms with van der Waals surface area (Å²) in [6.45, 7) is 8.58. The van der Waals surface area contributed by atoms with Gasteiger partial charge in [0.05, 0.1) is 6.04 Å². The Bertz CT molecular complexity index is 440. The summed E-state index contributed by atoms with van der Waals surface area (Å²) in [4.78, 5) is 11.4. The number of fused-ring (bicyclic) bond motifs is 1. The molecule has 0 saturated heterocycles. The molecule has 2 N–H and O–H groups in total. The van der Waals surface area contributed by atoms with Gasteiger partial charge in [0.25, 0.3) is 0 Å². The van der Waals surface area contributed by atoms with Crippen molar-refractivity contribution in [2.75, 3.05) is 13.1 Å². The van der Waals surface area contributed by atoms with E-state index in [0.29, 0.717) is 5.92 Å². The molecule has 1 aliphatic rings. The number of hydrogen-bond donors (Lipinski definition) is 2. The van der Waals surface area contributed by atoms with E-state index in [1.54, 1.807) is 6.92 Å². The van der Waals surface area contributed by atoms with Crippen molar-refractivity contribution in [1.82, 2.24) is 25.4 Å². The van der Waals surface area contributed by atoms with Gasteiger partial charge in [0.15, 0.2) is 5.82 Å². The molecule has 0 unspecified atom stereocenters. The third-order valence-electron chi connectivity index (χ3n) is 3.29. The Labute approximate surface area is 114 Å². The van der Waals surface area contributed by atoms with Crippen LogP contribution in [0.3, 0.4) is 0 Å². The fourth-order valence-corrected chi connectivity index (χ4v) is 2.50. The predicted molar refractivity (Wildman–Crippen MR) is 72.6 cm³/mol. The van der Waals surface area contributed by atoms with E-state index in [9.17, 15) is 4.79 Å². The van der Waals surface area contributed by atoms with Crippen molar-refractivity contribution < 1.29 is 4.79 Å². The topological polar surface area (TPSA) is 71.8 Å². The number of nitrogens with zero attached hydrogens (tertiary/aromatic N) is 3. The largest absolute Gasteiger partial charge is 0.346 e. The van der Waals surface area contributed by atoms with E-state index in [-0.39, 0.29) is 11.9 Å². The van der Waals surface area contributed by atoms with Crippen LogP contribution in [0.15, 0.2) is 0 Å². The Morgan fingerprint density at radius 3 is 2.89 bits per heavy atom. The van der Waals surface area contributed by atoms with Crippen LogP contribution in [0, 0.1) is 5.92 Å². The second kappa shape index (κ2) is 6.14. The summed E-state index contributed by atoms with van der Waals surface area (Å²) in [5, 5.41) is 14.9. The molecule has 0 aliphatic carbocycles. The van der Waals surface area contributed by atoms with Gasteiger partial charge in [-0.3, -0.25) is 4.79 Å². The van der Waals surface area contributed by atoms with Gasteiger partial charge in [-0.15, -0.1) is 10.2 Å². The van der Waals surface area contributed by atoms with E-state index >= 15 is 0 Å². The van der Waals surface area contributed by atoms with E-state index in [4.69, 9.17) is 0 Å². The number of aromatic nitrogens is 3. The summed E-state index contributed by atoms with van der Waals surface area (Å²) < 4.78 is 2.16. The molecule has 0 radical (unpaired) electrons. The zero-order valence-corrected chi connectivity index (χ0v) is 11.9. The van der Waals surface area contributed by atoms with Crippen molar-refractivity contribution in [1.29, 1.82) is 0 Å². The van der Waals surface area contributed by atoms with E-state index in [0.717, 1.165) is 44.1 Å². The van der Waals surface area contributed by atoms with E-state index in [2.05, 4.69) is 39.2 Å². The van der Waals surface area contributed by atoms with Gasteiger partial charge < -0.3 is 15.2 Å². The Balaban J connectivity index is 2.25. The lowest BCUT2D eigenvalue weighted by Gasteiger charge is -2.20. The highest BCUT2D eigenvalue weighted by Crippen LogP contribution is 2.21. The van der Waals surface area contributed by atoms with E-state index < -0.39 is 0 Å². The molecule has 0 bridgehead atoms. The average molecular weight is 265 g/mol. The van der Waals surface area contributed by atoms with Crippen LogP contribution in [0.5, 0.6) is 0 Å². The lowest BCUT2D eigenvalue weighted by Crippen LogP contribution is -2.30. The molecule has 0 aromatic carbocycles. The summed E-state index contributed by atoms with van der Waals surface area (Å²) in [6.07, 6.45) is 1.77. The summed E-state index contributed by atoms with van der Waals surface area (Å²) in [7, 11) is 0. The van der Waals surface area contributed by atoms with Gasteiger partial charge >= 0.3 is 0 Å².